The van der Waals surface area contributed by atoms with Gasteiger partial charge in [0, 0.05) is 12.4 Å². The van der Waals surface area contributed by atoms with Crippen molar-refractivity contribution < 1.29 is 9.53 Å². The van der Waals surface area contributed by atoms with Gasteiger partial charge in [0.05, 0.1) is 12.3 Å². The number of nitrogens with zero attached hydrogens (tertiary/aromatic N) is 3. The van der Waals surface area contributed by atoms with Crippen LogP contribution < -0.4 is 5.73 Å². The Hall–Kier alpha value is -2.37. The molecule has 0 unspecified atom stereocenters. The van der Waals surface area contributed by atoms with E-state index in [0.29, 0.717) is 18.1 Å². The van der Waals surface area contributed by atoms with E-state index in [1.54, 1.807) is 37.5 Å². The van der Waals surface area contributed by atoms with Crippen molar-refractivity contribution in [1.82, 2.24) is 14.8 Å². The van der Waals surface area contributed by atoms with E-state index in [1.165, 1.54) is 4.68 Å². The van der Waals surface area contributed by atoms with Gasteiger partial charge in [-0.25, -0.2) is 14.5 Å². The molecule has 88 valence electrons. The molecule has 2 rings (SSSR count). The Kier molecular flexibility index (Phi) is 3.04. The number of rotatable bonds is 3. The number of aromatic nitrogens is 3. The SMILES string of the molecule is CCOC(=O)c1ccn(-c2ncccc2N)n1. The smallest absolute Gasteiger partial charge is 0.358 e. The standard InChI is InChI=1S/C11H12N4O2/c1-2-17-11(16)9-5-7-15(14-9)10-8(12)4-3-6-13-10/h3-7H,2,12H2,1H3. The second-order valence-corrected chi connectivity index (χ2v) is 3.28. The summed E-state index contributed by atoms with van der Waals surface area (Å²) in [6.45, 7) is 2.06. The second-order valence-electron chi connectivity index (χ2n) is 3.28. The van der Waals surface area contributed by atoms with Crippen molar-refractivity contribution in [2.75, 3.05) is 12.3 Å². The number of esters is 1. The molecule has 0 amide bonds. The molecule has 0 atom stereocenters. The zero-order valence-corrected chi connectivity index (χ0v) is 9.33. The molecular formula is C11H12N4O2. The molecule has 0 aliphatic carbocycles. The van der Waals surface area contributed by atoms with Crippen LogP contribution in [0.2, 0.25) is 0 Å². The van der Waals surface area contributed by atoms with Crippen LogP contribution in [0.4, 0.5) is 5.69 Å². The number of carbonyl (C=O) groups excluding carboxylic acids is 1. The lowest BCUT2D eigenvalue weighted by Crippen LogP contribution is -2.08. The molecule has 0 aliphatic rings. The third-order valence-corrected chi connectivity index (χ3v) is 2.11. The zero-order chi connectivity index (χ0) is 12.3. The fraction of sp³-hybridized carbons (Fsp3) is 0.182. The van der Waals surface area contributed by atoms with Gasteiger partial charge in [-0.3, -0.25) is 0 Å². The van der Waals surface area contributed by atoms with Crippen molar-refractivity contribution in [2.24, 2.45) is 0 Å². The van der Waals surface area contributed by atoms with Crippen LogP contribution in [0.25, 0.3) is 5.82 Å². The topological polar surface area (TPSA) is 83.0 Å². The third-order valence-electron chi connectivity index (χ3n) is 2.11. The monoisotopic (exact) mass is 232 g/mol. The molecule has 0 saturated heterocycles. The van der Waals surface area contributed by atoms with E-state index in [2.05, 4.69) is 10.1 Å². The molecule has 0 radical (unpaired) electrons. The number of nitrogen functional groups attached to an aromatic ring is 1. The van der Waals surface area contributed by atoms with Crippen molar-refractivity contribution in [3.63, 3.8) is 0 Å². The quantitative estimate of drug-likeness (QED) is 0.799. The van der Waals surface area contributed by atoms with Gasteiger partial charge >= 0.3 is 5.97 Å². The highest BCUT2D eigenvalue weighted by molar-refractivity contribution is 5.87. The summed E-state index contributed by atoms with van der Waals surface area (Å²) in [5.74, 6) is 0.0313. The first-order chi connectivity index (χ1) is 8.22. The molecule has 0 saturated carbocycles. The molecule has 17 heavy (non-hydrogen) atoms. The van der Waals surface area contributed by atoms with Crippen LogP contribution in [0.15, 0.2) is 30.6 Å². The maximum Gasteiger partial charge on any atom is 0.358 e. The molecule has 2 N–H and O–H groups in total. The van der Waals surface area contributed by atoms with Gasteiger partial charge in [0.1, 0.15) is 0 Å². The molecular weight excluding hydrogens is 220 g/mol. The average Bonchev–Trinajstić information content (AvgIpc) is 2.79. The first-order valence-corrected chi connectivity index (χ1v) is 5.16. The average molecular weight is 232 g/mol. The molecule has 2 heterocycles. The number of pyridine rings is 1. The summed E-state index contributed by atoms with van der Waals surface area (Å²) in [4.78, 5) is 15.5. The Balaban J connectivity index is 2.30. The van der Waals surface area contributed by atoms with Gasteiger partial charge in [0.15, 0.2) is 11.5 Å². The van der Waals surface area contributed by atoms with E-state index in [1.807, 2.05) is 0 Å². The molecule has 0 bridgehead atoms. The molecule has 0 aliphatic heterocycles. The normalized spacial score (nSPS) is 10.2. The Bertz CT molecular complexity index is 536. The summed E-state index contributed by atoms with van der Waals surface area (Å²) >= 11 is 0. The van der Waals surface area contributed by atoms with E-state index < -0.39 is 5.97 Å². The number of hydrogen-bond acceptors (Lipinski definition) is 5. The third kappa shape index (κ3) is 2.25. The fourth-order valence-electron chi connectivity index (χ4n) is 1.36. The minimum Gasteiger partial charge on any atom is -0.461 e. The number of carbonyl (C=O) groups is 1. The van der Waals surface area contributed by atoms with Crippen LogP contribution in [0.5, 0.6) is 0 Å². The Labute approximate surface area is 98.0 Å². The molecule has 6 nitrogen and oxygen atoms in total. The van der Waals surface area contributed by atoms with Gasteiger partial charge in [-0.15, -0.1) is 0 Å². The minimum absolute atomic E-state index is 0.233. The van der Waals surface area contributed by atoms with Crippen molar-refractivity contribution in [2.45, 2.75) is 6.92 Å². The molecule has 6 heteroatoms. The van der Waals surface area contributed by atoms with Gasteiger partial charge in [-0.05, 0) is 25.1 Å². The highest BCUT2D eigenvalue weighted by Crippen LogP contribution is 2.12. The van der Waals surface area contributed by atoms with Gasteiger partial charge in [-0.2, -0.15) is 5.10 Å². The highest BCUT2D eigenvalue weighted by atomic mass is 16.5. The van der Waals surface area contributed by atoms with E-state index in [-0.39, 0.29) is 5.69 Å². The largest absolute Gasteiger partial charge is 0.461 e. The Morgan fingerprint density at radius 3 is 3.06 bits per heavy atom. The Morgan fingerprint density at radius 1 is 1.53 bits per heavy atom. The molecule has 0 spiro atoms. The highest BCUT2D eigenvalue weighted by Gasteiger charge is 2.12. The number of nitrogens with two attached hydrogens (primary N) is 1. The molecule has 0 aromatic carbocycles. The summed E-state index contributed by atoms with van der Waals surface area (Å²) in [6.07, 6.45) is 3.22. The first kappa shape index (κ1) is 11.1. The summed E-state index contributed by atoms with van der Waals surface area (Å²) in [5.41, 5.74) is 6.48. The summed E-state index contributed by atoms with van der Waals surface area (Å²) < 4.78 is 6.29. The van der Waals surface area contributed by atoms with E-state index in [9.17, 15) is 4.79 Å². The lowest BCUT2D eigenvalue weighted by atomic mass is 10.4. The first-order valence-electron chi connectivity index (χ1n) is 5.16. The van der Waals surface area contributed by atoms with E-state index in [4.69, 9.17) is 10.5 Å². The van der Waals surface area contributed by atoms with Gasteiger partial charge in [-0.1, -0.05) is 0 Å². The zero-order valence-electron chi connectivity index (χ0n) is 9.33. The number of hydrogen-bond donors (Lipinski definition) is 1. The summed E-state index contributed by atoms with van der Waals surface area (Å²) in [7, 11) is 0. The number of ether oxygens (including phenoxy) is 1. The van der Waals surface area contributed by atoms with Gasteiger partial charge < -0.3 is 10.5 Å². The maximum atomic E-state index is 11.4. The molecule has 0 fully saturated rings. The van der Waals surface area contributed by atoms with Crippen LogP contribution in [0.3, 0.4) is 0 Å². The predicted octanol–water partition coefficient (Wildman–Crippen LogP) is 1.03. The second kappa shape index (κ2) is 4.65. The predicted molar refractivity (Wildman–Crippen MR) is 61.7 cm³/mol. The summed E-state index contributed by atoms with van der Waals surface area (Å²) in [5, 5.41) is 4.06. The molecule has 2 aromatic rings. The maximum absolute atomic E-state index is 11.4. The van der Waals surface area contributed by atoms with Crippen LogP contribution in [-0.4, -0.2) is 27.3 Å². The van der Waals surface area contributed by atoms with Crippen molar-refractivity contribution in [3.8, 4) is 5.82 Å². The van der Waals surface area contributed by atoms with E-state index >= 15 is 0 Å². The molecule has 2 aromatic heterocycles. The lowest BCUT2D eigenvalue weighted by molar-refractivity contribution is 0.0519. The van der Waals surface area contributed by atoms with Crippen molar-refractivity contribution >= 4 is 11.7 Å². The van der Waals surface area contributed by atoms with Crippen LogP contribution in [0, 0.1) is 0 Å². The van der Waals surface area contributed by atoms with Crippen molar-refractivity contribution in [3.05, 3.63) is 36.3 Å². The van der Waals surface area contributed by atoms with Gasteiger partial charge in [0.25, 0.3) is 0 Å². The minimum atomic E-state index is -0.458. The number of anilines is 1. The van der Waals surface area contributed by atoms with Crippen LogP contribution in [-0.2, 0) is 4.74 Å². The fourth-order valence-corrected chi connectivity index (χ4v) is 1.36. The Morgan fingerprint density at radius 2 is 2.35 bits per heavy atom. The van der Waals surface area contributed by atoms with E-state index in [0.717, 1.165) is 0 Å². The van der Waals surface area contributed by atoms with Crippen LogP contribution in [0.1, 0.15) is 17.4 Å². The van der Waals surface area contributed by atoms with Crippen LogP contribution >= 0.6 is 0 Å². The lowest BCUT2D eigenvalue weighted by Gasteiger charge is -2.02. The van der Waals surface area contributed by atoms with Gasteiger partial charge in [0.2, 0.25) is 0 Å². The van der Waals surface area contributed by atoms with Crippen molar-refractivity contribution in [1.29, 1.82) is 0 Å². The summed E-state index contributed by atoms with van der Waals surface area (Å²) in [6, 6.07) is 5.01.